The fourth-order valence-corrected chi connectivity index (χ4v) is 2.55. The molecule has 2 aromatic rings. The molecule has 0 amide bonds. The normalized spacial score (nSPS) is 10.6. The number of rotatable bonds is 3. The highest BCUT2D eigenvalue weighted by atomic mass is 79.9. The van der Waals surface area contributed by atoms with Crippen LogP contribution in [0.2, 0.25) is 0 Å². The molecule has 0 bridgehead atoms. The van der Waals surface area contributed by atoms with Gasteiger partial charge in [-0.3, -0.25) is 0 Å². The summed E-state index contributed by atoms with van der Waals surface area (Å²) in [6.07, 6.45) is 0. The molecule has 2 rings (SSSR count). The van der Waals surface area contributed by atoms with Crippen LogP contribution in [0.15, 0.2) is 34.8 Å². The van der Waals surface area contributed by atoms with Crippen molar-refractivity contribution in [3.8, 4) is 0 Å². The van der Waals surface area contributed by atoms with E-state index in [9.17, 15) is 0 Å². The minimum absolute atomic E-state index is 0.865. The van der Waals surface area contributed by atoms with Gasteiger partial charge in [0.2, 0.25) is 0 Å². The highest BCUT2D eigenvalue weighted by molar-refractivity contribution is 9.10. The molecule has 2 aromatic carbocycles. The zero-order valence-electron chi connectivity index (χ0n) is 12.0. The maximum absolute atomic E-state index is 3.53. The Bertz CT molecular complexity index is 602. The number of halogens is 1. The molecular weight excluding hydrogens is 298 g/mol. The molecule has 0 aliphatic rings. The summed E-state index contributed by atoms with van der Waals surface area (Å²) in [7, 11) is 0. The van der Waals surface area contributed by atoms with E-state index in [0.717, 1.165) is 11.0 Å². The molecule has 19 heavy (non-hydrogen) atoms. The summed E-state index contributed by atoms with van der Waals surface area (Å²) in [6.45, 7) is 9.50. The first kappa shape index (κ1) is 14.1. The van der Waals surface area contributed by atoms with E-state index < -0.39 is 0 Å². The number of aryl methyl sites for hydroxylation is 4. The first-order valence-electron chi connectivity index (χ1n) is 6.54. The zero-order chi connectivity index (χ0) is 14.0. The maximum Gasteiger partial charge on any atom is 0.0403 e. The lowest BCUT2D eigenvalue weighted by atomic mass is 10.0. The van der Waals surface area contributed by atoms with Gasteiger partial charge in [-0.25, -0.2) is 0 Å². The van der Waals surface area contributed by atoms with Crippen molar-refractivity contribution in [2.24, 2.45) is 0 Å². The van der Waals surface area contributed by atoms with Crippen molar-refractivity contribution in [3.05, 3.63) is 62.6 Å². The molecule has 0 radical (unpaired) electrons. The monoisotopic (exact) mass is 317 g/mol. The second-order valence-corrected chi connectivity index (χ2v) is 6.09. The lowest BCUT2D eigenvalue weighted by Gasteiger charge is -2.13. The Morgan fingerprint density at radius 1 is 0.842 bits per heavy atom. The highest BCUT2D eigenvalue weighted by Crippen LogP contribution is 2.22. The van der Waals surface area contributed by atoms with Gasteiger partial charge in [0.25, 0.3) is 0 Å². The lowest BCUT2D eigenvalue weighted by molar-refractivity contribution is 1.09. The average molecular weight is 318 g/mol. The fourth-order valence-electron chi connectivity index (χ4n) is 2.19. The molecule has 0 saturated carbocycles. The van der Waals surface area contributed by atoms with Crippen LogP contribution in [0.4, 0.5) is 5.69 Å². The molecule has 0 saturated heterocycles. The Morgan fingerprint density at radius 3 is 2.26 bits per heavy atom. The lowest BCUT2D eigenvalue weighted by Crippen LogP contribution is -2.03. The Hall–Kier alpha value is -1.28. The third-order valence-electron chi connectivity index (χ3n) is 3.62. The smallest absolute Gasteiger partial charge is 0.0403 e. The van der Waals surface area contributed by atoms with Gasteiger partial charge in [0, 0.05) is 16.7 Å². The Balaban J connectivity index is 2.19. The minimum atomic E-state index is 0.865. The molecule has 0 unspecified atom stereocenters. The Morgan fingerprint density at radius 2 is 1.53 bits per heavy atom. The van der Waals surface area contributed by atoms with E-state index in [0.29, 0.717) is 0 Å². The van der Waals surface area contributed by atoms with Gasteiger partial charge in [-0.05, 0) is 67.6 Å². The molecule has 0 atom stereocenters. The largest absolute Gasteiger partial charge is 0.381 e. The summed E-state index contributed by atoms with van der Waals surface area (Å²) in [4.78, 5) is 0. The van der Waals surface area contributed by atoms with Crippen LogP contribution in [0, 0.1) is 27.7 Å². The maximum atomic E-state index is 3.53. The van der Waals surface area contributed by atoms with E-state index in [1.807, 2.05) is 0 Å². The molecule has 0 aliphatic carbocycles. The number of anilines is 1. The Labute approximate surface area is 124 Å². The molecule has 0 aliphatic heterocycles. The number of nitrogens with one attached hydrogen (secondary N) is 1. The van der Waals surface area contributed by atoms with Gasteiger partial charge in [0.1, 0.15) is 0 Å². The van der Waals surface area contributed by atoms with E-state index in [2.05, 4.69) is 79.3 Å². The van der Waals surface area contributed by atoms with Crippen LogP contribution in [0.25, 0.3) is 0 Å². The third-order valence-corrected chi connectivity index (χ3v) is 4.11. The summed E-state index contributed by atoms with van der Waals surface area (Å²) in [5.41, 5.74) is 7.88. The van der Waals surface area contributed by atoms with Gasteiger partial charge >= 0.3 is 0 Å². The van der Waals surface area contributed by atoms with Gasteiger partial charge in [-0.2, -0.15) is 0 Å². The van der Waals surface area contributed by atoms with Gasteiger partial charge in [-0.1, -0.05) is 34.1 Å². The number of benzene rings is 2. The summed E-state index contributed by atoms with van der Waals surface area (Å²) in [5, 5.41) is 3.53. The number of hydrogen-bond donors (Lipinski definition) is 1. The summed E-state index contributed by atoms with van der Waals surface area (Å²) in [6, 6.07) is 10.9. The number of hydrogen-bond acceptors (Lipinski definition) is 1. The molecule has 0 heterocycles. The first-order chi connectivity index (χ1) is 8.97. The molecular formula is C17H20BrN. The SMILES string of the molecule is Cc1cc(C)c(CNc2cc(Br)ccc2C)cc1C. The quantitative estimate of drug-likeness (QED) is 0.810. The van der Waals surface area contributed by atoms with Crippen LogP contribution in [-0.4, -0.2) is 0 Å². The average Bonchev–Trinajstić information content (AvgIpc) is 2.36. The second-order valence-electron chi connectivity index (χ2n) is 5.18. The van der Waals surface area contributed by atoms with Crippen LogP contribution < -0.4 is 5.32 Å². The molecule has 0 spiro atoms. The van der Waals surface area contributed by atoms with Crippen molar-refractivity contribution in [1.82, 2.24) is 0 Å². The van der Waals surface area contributed by atoms with Crippen LogP contribution >= 0.6 is 15.9 Å². The first-order valence-corrected chi connectivity index (χ1v) is 7.33. The molecule has 2 heteroatoms. The molecule has 0 aromatic heterocycles. The van der Waals surface area contributed by atoms with Crippen LogP contribution in [0.3, 0.4) is 0 Å². The van der Waals surface area contributed by atoms with Crippen LogP contribution in [0.1, 0.15) is 27.8 Å². The predicted molar refractivity (Wildman–Crippen MR) is 86.9 cm³/mol. The van der Waals surface area contributed by atoms with Gasteiger partial charge in [0.05, 0.1) is 0 Å². The summed E-state index contributed by atoms with van der Waals surface area (Å²) < 4.78 is 1.11. The van der Waals surface area contributed by atoms with Crippen molar-refractivity contribution in [2.45, 2.75) is 34.2 Å². The zero-order valence-corrected chi connectivity index (χ0v) is 13.6. The van der Waals surface area contributed by atoms with E-state index in [1.165, 1.54) is 33.5 Å². The predicted octanol–water partition coefficient (Wildman–Crippen LogP) is 5.29. The van der Waals surface area contributed by atoms with Gasteiger partial charge < -0.3 is 5.32 Å². The van der Waals surface area contributed by atoms with E-state index in [4.69, 9.17) is 0 Å². The minimum Gasteiger partial charge on any atom is -0.381 e. The van der Waals surface area contributed by atoms with Gasteiger partial charge in [-0.15, -0.1) is 0 Å². The molecule has 0 fully saturated rings. The molecule has 1 N–H and O–H groups in total. The van der Waals surface area contributed by atoms with Crippen LogP contribution in [0.5, 0.6) is 0 Å². The van der Waals surface area contributed by atoms with Crippen molar-refractivity contribution < 1.29 is 0 Å². The van der Waals surface area contributed by atoms with Gasteiger partial charge in [0.15, 0.2) is 0 Å². The van der Waals surface area contributed by atoms with E-state index in [-0.39, 0.29) is 0 Å². The standard InChI is InChI=1S/C17H20BrN/c1-11-5-6-16(18)9-17(11)19-10-15-8-13(3)12(2)7-14(15)4/h5-9,19H,10H2,1-4H3. The topological polar surface area (TPSA) is 12.0 Å². The van der Waals surface area contributed by atoms with Crippen molar-refractivity contribution >= 4 is 21.6 Å². The second kappa shape index (κ2) is 5.79. The van der Waals surface area contributed by atoms with E-state index in [1.54, 1.807) is 0 Å². The Kier molecular flexibility index (Phi) is 4.31. The third kappa shape index (κ3) is 3.38. The summed E-state index contributed by atoms with van der Waals surface area (Å²) in [5.74, 6) is 0. The van der Waals surface area contributed by atoms with Crippen molar-refractivity contribution in [2.75, 3.05) is 5.32 Å². The fraction of sp³-hybridized carbons (Fsp3) is 0.294. The molecule has 100 valence electrons. The van der Waals surface area contributed by atoms with Crippen molar-refractivity contribution in [3.63, 3.8) is 0 Å². The summed E-state index contributed by atoms with van der Waals surface area (Å²) >= 11 is 3.52. The van der Waals surface area contributed by atoms with Crippen molar-refractivity contribution in [1.29, 1.82) is 0 Å². The van der Waals surface area contributed by atoms with Crippen LogP contribution in [-0.2, 0) is 6.54 Å². The molecule has 1 nitrogen and oxygen atoms in total. The van der Waals surface area contributed by atoms with E-state index >= 15 is 0 Å². The highest BCUT2D eigenvalue weighted by Gasteiger charge is 2.03.